The molecule has 35 heavy (non-hydrogen) atoms. The summed E-state index contributed by atoms with van der Waals surface area (Å²) in [7, 11) is -4.03. The fraction of sp³-hybridized carbons (Fsp3) is 0.269. The summed E-state index contributed by atoms with van der Waals surface area (Å²) in [6, 6.07) is 18.4. The van der Waals surface area contributed by atoms with Crippen LogP contribution in [-0.2, 0) is 10.0 Å². The van der Waals surface area contributed by atoms with Crippen molar-refractivity contribution in [3.63, 3.8) is 0 Å². The van der Waals surface area contributed by atoms with Crippen molar-refractivity contribution >= 4 is 45.0 Å². The summed E-state index contributed by atoms with van der Waals surface area (Å²) in [6.07, 6.45) is 5.99. The Morgan fingerprint density at radius 1 is 0.971 bits per heavy atom. The third-order valence-electron chi connectivity index (χ3n) is 5.76. The summed E-state index contributed by atoms with van der Waals surface area (Å²) in [4.78, 5) is 15.9. The SMILES string of the molecule is CSc1ccc(S(=O)(=O)Nc2cc(Cl)ccc2Oc2ccccc2)cc1C(=O)N1CCCCCC1. The molecule has 0 bridgehead atoms. The number of anilines is 1. The van der Waals surface area contributed by atoms with Gasteiger partial charge in [0.1, 0.15) is 5.75 Å². The van der Waals surface area contributed by atoms with Gasteiger partial charge < -0.3 is 9.64 Å². The van der Waals surface area contributed by atoms with Crippen molar-refractivity contribution in [1.29, 1.82) is 0 Å². The molecule has 1 saturated heterocycles. The Hall–Kier alpha value is -2.68. The van der Waals surface area contributed by atoms with Gasteiger partial charge in [0.05, 0.1) is 16.1 Å². The maximum atomic E-state index is 13.4. The number of thioether (sulfide) groups is 1. The van der Waals surface area contributed by atoms with E-state index in [2.05, 4.69) is 4.72 Å². The standard InChI is InChI=1S/C26H27ClN2O4S2/c1-34-25-14-12-21(18-22(25)26(30)29-15-7-2-3-8-16-29)35(31,32)28-23-17-19(27)11-13-24(23)33-20-9-5-4-6-10-20/h4-6,9-14,17-18,28H,2-3,7-8,15-16H2,1H3. The number of amides is 1. The van der Waals surface area contributed by atoms with E-state index in [0.717, 1.165) is 30.6 Å². The molecule has 1 heterocycles. The number of halogens is 1. The lowest BCUT2D eigenvalue weighted by molar-refractivity contribution is 0.0758. The quantitative estimate of drug-likeness (QED) is 0.345. The molecule has 184 valence electrons. The molecule has 1 N–H and O–H groups in total. The van der Waals surface area contributed by atoms with Crippen molar-refractivity contribution < 1.29 is 17.9 Å². The molecule has 0 saturated carbocycles. The second kappa shape index (κ2) is 11.4. The first-order valence-corrected chi connectivity index (χ1v) is 14.5. The molecular weight excluding hydrogens is 504 g/mol. The fourth-order valence-corrected chi connectivity index (χ4v) is 5.79. The lowest BCUT2D eigenvalue weighted by Crippen LogP contribution is -2.32. The summed E-state index contributed by atoms with van der Waals surface area (Å²) >= 11 is 7.58. The number of rotatable bonds is 7. The molecule has 1 aliphatic rings. The zero-order chi connectivity index (χ0) is 24.8. The van der Waals surface area contributed by atoms with E-state index in [-0.39, 0.29) is 16.5 Å². The highest BCUT2D eigenvalue weighted by Gasteiger charge is 2.24. The van der Waals surface area contributed by atoms with Crippen LogP contribution in [0.5, 0.6) is 11.5 Å². The van der Waals surface area contributed by atoms with E-state index in [0.29, 0.717) is 35.2 Å². The van der Waals surface area contributed by atoms with Crippen molar-refractivity contribution in [3.05, 3.63) is 77.3 Å². The Labute approximate surface area is 215 Å². The minimum atomic E-state index is -4.03. The summed E-state index contributed by atoms with van der Waals surface area (Å²) in [5, 5.41) is 0.359. The van der Waals surface area contributed by atoms with Gasteiger partial charge in [0.2, 0.25) is 0 Å². The minimum Gasteiger partial charge on any atom is -0.455 e. The molecular formula is C26H27ClN2O4S2. The molecule has 9 heteroatoms. The highest BCUT2D eigenvalue weighted by molar-refractivity contribution is 7.98. The van der Waals surface area contributed by atoms with Gasteiger partial charge in [-0.2, -0.15) is 0 Å². The summed E-state index contributed by atoms with van der Waals surface area (Å²) < 4.78 is 35.2. The number of para-hydroxylation sites is 1. The number of likely N-dealkylation sites (tertiary alicyclic amines) is 1. The summed E-state index contributed by atoms with van der Waals surface area (Å²) in [6.45, 7) is 1.37. The Morgan fingerprint density at radius 3 is 2.37 bits per heavy atom. The Balaban J connectivity index is 1.65. The predicted molar refractivity (Wildman–Crippen MR) is 141 cm³/mol. The average Bonchev–Trinajstić information content (AvgIpc) is 3.15. The molecule has 0 unspecified atom stereocenters. The van der Waals surface area contributed by atoms with Gasteiger partial charge in [0.15, 0.2) is 5.75 Å². The van der Waals surface area contributed by atoms with Crippen molar-refractivity contribution in [2.24, 2.45) is 0 Å². The minimum absolute atomic E-state index is 0.000825. The molecule has 1 fully saturated rings. The molecule has 0 atom stereocenters. The Bertz CT molecular complexity index is 1290. The highest BCUT2D eigenvalue weighted by atomic mass is 35.5. The van der Waals surface area contributed by atoms with Crippen LogP contribution >= 0.6 is 23.4 Å². The first kappa shape index (κ1) is 25.4. The van der Waals surface area contributed by atoms with Gasteiger partial charge in [-0.3, -0.25) is 9.52 Å². The second-order valence-corrected chi connectivity index (χ2v) is 11.2. The van der Waals surface area contributed by atoms with Crippen LogP contribution in [0.25, 0.3) is 0 Å². The van der Waals surface area contributed by atoms with Crippen LogP contribution in [0.3, 0.4) is 0 Å². The number of benzene rings is 3. The van der Waals surface area contributed by atoms with Gasteiger partial charge in [0, 0.05) is 23.0 Å². The smallest absolute Gasteiger partial charge is 0.262 e. The summed E-state index contributed by atoms with van der Waals surface area (Å²) in [5.74, 6) is 0.736. The zero-order valence-corrected chi connectivity index (χ0v) is 21.8. The third-order valence-corrected chi connectivity index (χ3v) is 8.16. The van der Waals surface area contributed by atoms with Crippen LogP contribution in [0.2, 0.25) is 5.02 Å². The molecule has 0 aliphatic carbocycles. The maximum Gasteiger partial charge on any atom is 0.262 e. The van der Waals surface area contributed by atoms with Crippen molar-refractivity contribution in [2.45, 2.75) is 35.5 Å². The third kappa shape index (κ3) is 6.31. The molecule has 0 radical (unpaired) electrons. The molecule has 1 aliphatic heterocycles. The van der Waals surface area contributed by atoms with Crippen LogP contribution in [0, 0.1) is 0 Å². The normalized spacial score (nSPS) is 14.3. The van der Waals surface area contributed by atoms with Gasteiger partial charge in [-0.1, -0.05) is 42.6 Å². The number of sulfonamides is 1. The van der Waals surface area contributed by atoms with E-state index < -0.39 is 10.0 Å². The van der Waals surface area contributed by atoms with E-state index in [1.54, 1.807) is 30.3 Å². The Morgan fingerprint density at radius 2 is 1.69 bits per heavy atom. The van der Waals surface area contributed by atoms with Crippen molar-refractivity contribution in [2.75, 3.05) is 24.1 Å². The van der Waals surface area contributed by atoms with Gasteiger partial charge in [-0.05, 0) is 67.6 Å². The van der Waals surface area contributed by atoms with Gasteiger partial charge >= 0.3 is 0 Å². The highest BCUT2D eigenvalue weighted by Crippen LogP contribution is 2.34. The Kier molecular flexibility index (Phi) is 8.26. The lowest BCUT2D eigenvalue weighted by atomic mass is 10.2. The van der Waals surface area contributed by atoms with Crippen LogP contribution in [-0.4, -0.2) is 38.6 Å². The molecule has 0 spiro atoms. The van der Waals surface area contributed by atoms with Crippen LogP contribution in [0.1, 0.15) is 36.0 Å². The first-order chi connectivity index (χ1) is 16.9. The molecule has 6 nitrogen and oxygen atoms in total. The van der Waals surface area contributed by atoms with Crippen molar-refractivity contribution in [1.82, 2.24) is 4.90 Å². The van der Waals surface area contributed by atoms with Gasteiger partial charge in [-0.25, -0.2) is 8.42 Å². The lowest BCUT2D eigenvalue weighted by Gasteiger charge is -2.22. The second-order valence-electron chi connectivity index (χ2n) is 8.23. The van der Waals surface area contributed by atoms with Gasteiger partial charge in [0.25, 0.3) is 15.9 Å². The van der Waals surface area contributed by atoms with E-state index in [4.69, 9.17) is 16.3 Å². The van der Waals surface area contributed by atoms with E-state index in [1.807, 2.05) is 29.4 Å². The number of nitrogens with zero attached hydrogens (tertiary/aromatic N) is 1. The molecule has 3 aromatic carbocycles. The first-order valence-electron chi connectivity index (χ1n) is 11.4. The molecule has 0 aromatic heterocycles. The number of nitrogens with one attached hydrogen (secondary N) is 1. The number of carbonyl (C=O) groups excluding carboxylic acids is 1. The van der Waals surface area contributed by atoms with Crippen LogP contribution in [0.15, 0.2) is 76.5 Å². The molecule has 3 aromatic rings. The topological polar surface area (TPSA) is 75.7 Å². The van der Waals surface area contributed by atoms with Crippen molar-refractivity contribution in [3.8, 4) is 11.5 Å². The average molecular weight is 531 g/mol. The number of hydrogen-bond donors (Lipinski definition) is 1. The van der Waals surface area contributed by atoms with E-state index >= 15 is 0 Å². The fourth-order valence-electron chi connectivity index (χ4n) is 3.96. The van der Waals surface area contributed by atoms with Crippen LogP contribution in [0.4, 0.5) is 5.69 Å². The van der Waals surface area contributed by atoms with Gasteiger partial charge in [-0.15, -0.1) is 11.8 Å². The maximum absolute atomic E-state index is 13.4. The largest absolute Gasteiger partial charge is 0.455 e. The molecule has 4 rings (SSSR count). The van der Waals surface area contributed by atoms with Crippen LogP contribution < -0.4 is 9.46 Å². The predicted octanol–water partition coefficient (Wildman–Crippen LogP) is 6.67. The summed E-state index contributed by atoms with van der Waals surface area (Å²) in [5.41, 5.74) is 0.602. The number of ether oxygens (including phenoxy) is 1. The van der Waals surface area contributed by atoms with E-state index in [1.165, 1.54) is 30.0 Å². The zero-order valence-electron chi connectivity index (χ0n) is 19.4. The number of carbonyl (C=O) groups is 1. The van der Waals surface area contributed by atoms with E-state index in [9.17, 15) is 13.2 Å². The number of hydrogen-bond acceptors (Lipinski definition) is 5. The monoisotopic (exact) mass is 530 g/mol. The molecule has 1 amide bonds.